The van der Waals surface area contributed by atoms with Crippen LogP contribution in [-0.2, 0) is 0 Å². The van der Waals surface area contributed by atoms with E-state index in [0.29, 0.717) is 0 Å². The molecule has 0 aromatic rings. The van der Waals surface area contributed by atoms with Gasteiger partial charge in [-0.25, -0.2) is 0 Å². The van der Waals surface area contributed by atoms with Gasteiger partial charge in [0.25, 0.3) is 0 Å². The predicted octanol–water partition coefficient (Wildman–Crippen LogP) is 5.38. The normalized spacial score (nSPS) is 11.1. The molecule has 0 saturated heterocycles. The highest BCUT2D eigenvalue weighted by atomic mass is 14.0. The molecule has 0 bridgehead atoms. The summed E-state index contributed by atoms with van der Waals surface area (Å²) in [6.07, 6.45) is 15.0. The smallest absolute Gasteiger partial charge is 0.0386 e. The first-order valence-corrected chi connectivity index (χ1v) is 6.59. The molecule has 0 nitrogen and oxygen atoms in total. The van der Waals surface area contributed by atoms with Gasteiger partial charge < -0.3 is 0 Å². The Kier molecular flexibility index (Phi) is 11.1. The Hall–Kier alpha value is 0. The number of unbranched alkanes of at least 4 members (excludes halogenated alkanes) is 8. The van der Waals surface area contributed by atoms with Crippen LogP contribution in [0.25, 0.3) is 0 Å². The lowest BCUT2D eigenvalue weighted by molar-refractivity contribution is 0.518. The van der Waals surface area contributed by atoms with Crippen molar-refractivity contribution in [2.45, 2.75) is 78.6 Å². The molecule has 0 aliphatic rings. The molecule has 0 fully saturated rings. The van der Waals surface area contributed by atoms with Gasteiger partial charge in [0.2, 0.25) is 0 Å². The van der Waals surface area contributed by atoms with Crippen LogP contribution in [0.5, 0.6) is 0 Å². The van der Waals surface area contributed by atoms with Crippen molar-refractivity contribution in [1.82, 2.24) is 0 Å². The Labute approximate surface area is 91.5 Å². The third-order valence-corrected chi connectivity index (χ3v) is 2.70. The van der Waals surface area contributed by atoms with Gasteiger partial charge in [0.1, 0.15) is 0 Å². The van der Waals surface area contributed by atoms with Gasteiger partial charge in [0.05, 0.1) is 0 Å². The fraction of sp³-hybridized carbons (Fsp3) is 0.929. The van der Waals surface area contributed by atoms with Gasteiger partial charge in [-0.2, -0.15) is 0 Å². The summed E-state index contributed by atoms with van der Waals surface area (Å²) in [5.74, 6) is 0.895. The third-order valence-electron chi connectivity index (χ3n) is 2.70. The average Bonchev–Trinajstić information content (AvgIpc) is 2.15. The molecule has 1 radical (unpaired) electrons. The molecule has 0 saturated carbocycles. The van der Waals surface area contributed by atoms with Crippen molar-refractivity contribution in [3.05, 3.63) is 6.42 Å². The van der Waals surface area contributed by atoms with E-state index < -0.39 is 0 Å². The first kappa shape index (κ1) is 14.0. The minimum absolute atomic E-state index is 0.895. The van der Waals surface area contributed by atoms with Crippen LogP contribution < -0.4 is 0 Å². The summed E-state index contributed by atoms with van der Waals surface area (Å²) in [6, 6.07) is 0. The Balaban J connectivity index is 2.85. The maximum Gasteiger partial charge on any atom is -0.0386 e. The second kappa shape index (κ2) is 11.1. The largest absolute Gasteiger partial charge is 0.0654 e. The molecule has 0 aliphatic carbocycles. The molecular weight excluding hydrogens is 168 g/mol. The lowest BCUT2D eigenvalue weighted by Crippen LogP contribution is -1.87. The third kappa shape index (κ3) is 12.0. The van der Waals surface area contributed by atoms with Gasteiger partial charge in [0, 0.05) is 0 Å². The van der Waals surface area contributed by atoms with E-state index in [2.05, 4.69) is 27.2 Å². The molecule has 85 valence electrons. The summed E-state index contributed by atoms with van der Waals surface area (Å²) >= 11 is 0. The SMILES string of the molecule is CCCC[CH]CCCCCCC(C)C. The van der Waals surface area contributed by atoms with Crippen molar-refractivity contribution in [1.29, 1.82) is 0 Å². The number of hydrogen-bond acceptors (Lipinski definition) is 0. The van der Waals surface area contributed by atoms with Crippen LogP contribution in [0.15, 0.2) is 0 Å². The summed E-state index contributed by atoms with van der Waals surface area (Å²) in [5, 5.41) is 0. The number of hydrogen-bond donors (Lipinski definition) is 0. The maximum absolute atomic E-state index is 2.48. The second-order valence-electron chi connectivity index (χ2n) is 4.82. The molecule has 0 N–H and O–H groups in total. The predicted molar refractivity (Wildman–Crippen MR) is 66.4 cm³/mol. The van der Waals surface area contributed by atoms with Crippen molar-refractivity contribution in [2.75, 3.05) is 0 Å². The van der Waals surface area contributed by atoms with Crippen LogP contribution in [0.3, 0.4) is 0 Å². The van der Waals surface area contributed by atoms with Crippen molar-refractivity contribution < 1.29 is 0 Å². The van der Waals surface area contributed by atoms with Gasteiger partial charge in [-0.15, -0.1) is 0 Å². The Morgan fingerprint density at radius 3 is 2.14 bits per heavy atom. The van der Waals surface area contributed by atoms with E-state index in [1.807, 2.05) is 0 Å². The number of rotatable bonds is 10. The van der Waals surface area contributed by atoms with Crippen molar-refractivity contribution in [3.63, 3.8) is 0 Å². The molecule has 0 aromatic carbocycles. The lowest BCUT2D eigenvalue weighted by atomic mass is 10.0. The highest BCUT2D eigenvalue weighted by Crippen LogP contribution is 2.12. The summed E-state index contributed by atoms with van der Waals surface area (Å²) in [4.78, 5) is 0. The van der Waals surface area contributed by atoms with E-state index in [-0.39, 0.29) is 0 Å². The van der Waals surface area contributed by atoms with E-state index in [1.54, 1.807) is 0 Å². The van der Waals surface area contributed by atoms with E-state index in [9.17, 15) is 0 Å². The molecule has 0 aliphatic heterocycles. The average molecular weight is 197 g/mol. The molecule has 0 heteroatoms. The zero-order valence-electron chi connectivity index (χ0n) is 10.5. The summed E-state index contributed by atoms with van der Waals surface area (Å²) in [6.45, 7) is 6.90. The Morgan fingerprint density at radius 1 is 0.857 bits per heavy atom. The summed E-state index contributed by atoms with van der Waals surface area (Å²) < 4.78 is 0. The first-order chi connectivity index (χ1) is 6.77. The van der Waals surface area contributed by atoms with E-state index in [1.165, 1.54) is 57.8 Å². The first-order valence-electron chi connectivity index (χ1n) is 6.59. The van der Waals surface area contributed by atoms with Crippen molar-refractivity contribution in [3.8, 4) is 0 Å². The maximum atomic E-state index is 2.48. The van der Waals surface area contributed by atoms with Gasteiger partial charge in [0.15, 0.2) is 0 Å². The van der Waals surface area contributed by atoms with Gasteiger partial charge in [-0.1, -0.05) is 78.6 Å². The molecular formula is C14H29. The van der Waals surface area contributed by atoms with Crippen LogP contribution in [0.2, 0.25) is 0 Å². The minimum atomic E-state index is 0.895. The summed E-state index contributed by atoms with van der Waals surface area (Å²) in [5.41, 5.74) is 0. The molecule has 14 heavy (non-hydrogen) atoms. The lowest BCUT2D eigenvalue weighted by Gasteiger charge is -2.04. The van der Waals surface area contributed by atoms with E-state index in [4.69, 9.17) is 0 Å². The fourth-order valence-corrected chi connectivity index (χ4v) is 1.69. The van der Waals surface area contributed by atoms with E-state index >= 15 is 0 Å². The van der Waals surface area contributed by atoms with Crippen LogP contribution in [0.1, 0.15) is 78.6 Å². The molecule has 0 unspecified atom stereocenters. The van der Waals surface area contributed by atoms with Gasteiger partial charge >= 0.3 is 0 Å². The van der Waals surface area contributed by atoms with Crippen LogP contribution in [0, 0.1) is 12.3 Å². The van der Waals surface area contributed by atoms with Gasteiger partial charge in [-0.3, -0.25) is 0 Å². The highest BCUT2D eigenvalue weighted by molar-refractivity contribution is 4.63. The molecule has 0 rings (SSSR count). The van der Waals surface area contributed by atoms with Crippen molar-refractivity contribution in [2.24, 2.45) is 5.92 Å². The standard InChI is InChI=1S/C14H29/c1-4-5-6-7-8-9-10-11-12-13-14(2)3/h7,14H,4-6,8-13H2,1-3H3. The summed E-state index contributed by atoms with van der Waals surface area (Å²) in [7, 11) is 0. The Morgan fingerprint density at radius 2 is 1.50 bits per heavy atom. The monoisotopic (exact) mass is 197 g/mol. The molecule has 0 spiro atoms. The van der Waals surface area contributed by atoms with Gasteiger partial charge in [-0.05, 0) is 12.3 Å². The quantitative estimate of drug-likeness (QED) is 0.413. The van der Waals surface area contributed by atoms with Crippen LogP contribution in [-0.4, -0.2) is 0 Å². The van der Waals surface area contributed by atoms with Crippen LogP contribution >= 0.6 is 0 Å². The molecule has 0 atom stereocenters. The van der Waals surface area contributed by atoms with E-state index in [0.717, 1.165) is 5.92 Å². The van der Waals surface area contributed by atoms with Crippen molar-refractivity contribution >= 4 is 0 Å². The highest BCUT2D eigenvalue weighted by Gasteiger charge is 1.94. The Bertz CT molecular complexity index is 94.2. The zero-order valence-corrected chi connectivity index (χ0v) is 10.5. The molecule has 0 aromatic heterocycles. The second-order valence-corrected chi connectivity index (χ2v) is 4.82. The zero-order chi connectivity index (χ0) is 10.6. The fourth-order valence-electron chi connectivity index (χ4n) is 1.69. The topological polar surface area (TPSA) is 0 Å². The minimum Gasteiger partial charge on any atom is -0.0654 e. The molecule has 0 heterocycles. The molecule has 0 amide bonds. The van der Waals surface area contributed by atoms with Crippen LogP contribution in [0.4, 0.5) is 0 Å².